The van der Waals surface area contributed by atoms with Crippen LogP contribution in [-0.4, -0.2) is 77.6 Å². The van der Waals surface area contributed by atoms with Crippen LogP contribution >= 0.6 is 0 Å². The zero-order valence-corrected chi connectivity index (χ0v) is 26.6. The molecule has 8 rings (SSSR count). The Hall–Kier alpha value is -5.72. The molecule has 6 heterocycles. The maximum atomic E-state index is 14.8. The Balaban J connectivity index is 1.06. The van der Waals surface area contributed by atoms with Crippen molar-refractivity contribution >= 4 is 27.8 Å². The molecule has 1 unspecified atom stereocenters. The van der Waals surface area contributed by atoms with E-state index in [2.05, 4.69) is 35.4 Å². The molecule has 12 heteroatoms. The summed E-state index contributed by atoms with van der Waals surface area (Å²) >= 11 is 0. The number of anilines is 1. The first-order chi connectivity index (χ1) is 24.1. The predicted octanol–water partition coefficient (Wildman–Crippen LogP) is 6.21. The molecule has 1 aliphatic heterocycles. The van der Waals surface area contributed by atoms with E-state index in [1.54, 1.807) is 24.7 Å². The lowest BCUT2D eigenvalue weighted by atomic mass is 10.1. The number of imidazole rings is 1. The van der Waals surface area contributed by atoms with Gasteiger partial charge in [0.05, 0.1) is 34.3 Å². The van der Waals surface area contributed by atoms with Gasteiger partial charge in [0.15, 0.2) is 11.5 Å². The lowest BCUT2D eigenvalue weighted by Crippen LogP contribution is -2.25. The van der Waals surface area contributed by atoms with Crippen LogP contribution in [0.2, 0.25) is 0 Å². The number of aliphatic hydroxyl groups excluding tert-OH is 1. The first kappa shape index (κ1) is 30.6. The number of aromatic amines is 2. The number of hydrogen-bond acceptors (Lipinski definition) is 9. The van der Waals surface area contributed by atoms with Crippen LogP contribution in [0.5, 0.6) is 5.75 Å². The number of aromatic nitrogens is 7. The predicted molar refractivity (Wildman–Crippen MR) is 186 cm³/mol. The monoisotopic (exact) mass is 655 g/mol. The maximum Gasteiger partial charge on any atom is 0.161 e. The smallest absolute Gasteiger partial charge is 0.161 e. The number of pyridine rings is 3. The van der Waals surface area contributed by atoms with Crippen molar-refractivity contribution in [2.45, 2.75) is 25.5 Å². The summed E-state index contributed by atoms with van der Waals surface area (Å²) in [4.78, 5) is 24.5. The molecular formula is C37H34FN9O2. The van der Waals surface area contributed by atoms with Crippen molar-refractivity contribution in [2.75, 3.05) is 31.6 Å². The molecule has 2 aromatic carbocycles. The van der Waals surface area contributed by atoms with Gasteiger partial charge in [0.25, 0.3) is 0 Å². The number of likely N-dealkylation sites (tertiary alicyclic amines) is 1. The number of nitrogens with zero attached hydrogens (tertiary/aromatic N) is 6. The summed E-state index contributed by atoms with van der Waals surface area (Å²) in [5, 5.41) is 21.4. The molecule has 1 fully saturated rings. The van der Waals surface area contributed by atoms with Gasteiger partial charge in [-0.2, -0.15) is 5.10 Å². The van der Waals surface area contributed by atoms with Gasteiger partial charge in [-0.1, -0.05) is 30.3 Å². The van der Waals surface area contributed by atoms with Crippen molar-refractivity contribution in [3.63, 3.8) is 0 Å². The Morgan fingerprint density at radius 1 is 0.898 bits per heavy atom. The third-order valence-corrected chi connectivity index (χ3v) is 8.69. The number of halogens is 1. The van der Waals surface area contributed by atoms with Crippen molar-refractivity contribution in [3.8, 4) is 39.8 Å². The molecular weight excluding hydrogens is 621 g/mol. The Labute approximate surface area is 281 Å². The highest BCUT2D eigenvalue weighted by molar-refractivity contribution is 5.95. The second-order valence-corrected chi connectivity index (χ2v) is 12.2. The molecule has 0 amide bonds. The van der Waals surface area contributed by atoms with E-state index in [0.717, 1.165) is 41.8 Å². The minimum Gasteiger partial charge on any atom is -0.492 e. The van der Waals surface area contributed by atoms with E-state index in [0.29, 0.717) is 64.0 Å². The summed E-state index contributed by atoms with van der Waals surface area (Å²) in [5.41, 5.74) is 7.44. The molecule has 4 N–H and O–H groups in total. The van der Waals surface area contributed by atoms with E-state index >= 15 is 0 Å². The third-order valence-electron chi connectivity index (χ3n) is 8.69. The fourth-order valence-corrected chi connectivity index (χ4v) is 6.30. The van der Waals surface area contributed by atoms with Crippen molar-refractivity contribution < 1.29 is 14.2 Å². The maximum absolute atomic E-state index is 14.8. The summed E-state index contributed by atoms with van der Waals surface area (Å²) in [6.45, 7) is 3.46. The van der Waals surface area contributed by atoms with Crippen LogP contribution in [0.15, 0.2) is 91.4 Å². The lowest BCUT2D eigenvalue weighted by molar-refractivity contribution is 0.204. The highest BCUT2D eigenvalue weighted by atomic mass is 19.1. The van der Waals surface area contributed by atoms with Crippen LogP contribution in [0.4, 0.5) is 10.1 Å². The average Bonchev–Trinajstić information content (AvgIpc) is 3.88. The lowest BCUT2D eigenvalue weighted by Gasteiger charge is -2.15. The molecule has 5 aromatic heterocycles. The highest BCUT2D eigenvalue weighted by Gasteiger charge is 2.19. The molecule has 1 saturated heterocycles. The molecule has 0 spiro atoms. The summed E-state index contributed by atoms with van der Waals surface area (Å²) in [6, 6.07) is 22.0. The van der Waals surface area contributed by atoms with Crippen molar-refractivity contribution in [1.82, 2.24) is 40.0 Å². The Morgan fingerprint density at radius 3 is 2.63 bits per heavy atom. The van der Waals surface area contributed by atoms with Gasteiger partial charge < -0.3 is 20.1 Å². The molecule has 49 heavy (non-hydrogen) atoms. The van der Waals surface area contributed by atoms with E-state index in [1.165, 1.54) is 25.0 Å². The standard InChI is InChI=1S/C37H34FN9O2/c38-26-17-24(19-28(20-26)49-15-14-47-12-4-5-13-47)33-34-30(10-11-40-33)43-37(44-34)36-35-31(45-46-36)9-8-29(42-35)25-18-27(22-39-21-25)41-32(48)16-23-6-2-1-3-7-23/h1-3,6-11,17-22,32,41,48H,4-5,12-16H2,(H,43,44)(H,45,46). The third kappa shape index (κ3) is 6.69. The minimum atomic E-state index is -0.783. The molecule has 1 aliphatic rings. The van der Waals surface area contributed by atoms with E-state index < -0.39 is 12.0 Å². The first-order valence-corrected chi connectivity index (χ1v) is 16.4. The fourth-order valence-electron chi connectivity index (χ4n) is 6.30. The van der Waals surface area contributed by atoms with E-state index in [1.807, 2.05) is 54.6 Å². The highest BCUT2D eigenvalue weighted by Crippen LogP contribution is 2.33. The van der Waals surface area contributed by atoms with Gasteiger partial charge in [-0.25, -0.2) is 14.4 Å². The zero-order chi connectivity index (χ0) is 33.2. The van der Waals surface area contributed by atoms with E-state index in [9.17, 15) is 9.50 Å². The molecule has 11 nitrogen and oxygen atoms in total. The largest absolute Gasteiger partial charge is 0.492 e. The van der Waals surface area contributed by atoms with Gasteiger partial charge in [-0.05, 0) is 67.9 Å². The number of aliphatic hydroxyl groups is 1. The van der Waals surface area contributed by atoms with Gasteiger partial charge in [0.1, 0.15) is 35.4 Å². The number of H-pyrrole nitrogens is 2. The minimum absolute atomic E-state index is 0.405. The van der Waals surface area contributed by atoms with Crippen LogP contribution < -0.4 is 10.1 Å². The van der Waals surface area contributed by atoms with Crippen molar-refractivity contribution in [3.05, 3.63) is 103 Å². The van der Waals surface area contributed by atoms with Crippen LogP contribution in [-0.2, 0) is 6.42 Å². The Bertz CT molecular complexity index is 2230. The van der Waals surface area contributed by atoms with Crippen LogP contribution in [0.25, 0.3) is 56.1 Å². The first-order valence-electron chi connectivity index (χ1n) is 16.4. The van der Waals surface area contributed by atoms with E-state index in [4.69, 9.17) is 14.7 Å². The number of hydrogen-bond donors (Lipinski definition) is 4. The number of nitrogens with one attached hydrogen (secondary N) is 3. The molecule has 0 radical (unpaired) electrons. The SMILES string of the molecule is OC(Cc1ccccc1)Nc1cncc(-c2ccc3[nH]nc(-c4nc5c(-c6cc(F)cc(OCCN7CCCC7)c6)nccc5[nH]4)c3n2)c1. The second-order valence-electron chi connectivity index (χ2n) is 12.2. The quantitative estimate of drug-likeness (QED) is 0.120. The van der Waals surface area contributed by atoms with Gasteiger partial charge in [-0.15, -0.1) is 0 Å². The van der Waals surface area contributed by atoms with Crippen molar-refractivity contribution in [2.24, 2.45) is 0 Å². The molecule has 0 saturated carbocycles. The summed E-state index contributed by atoms with van der Waals surface area (Å²) in [5.74, 6) is 0.548. The summed E-state index contributed by atoms with van der Waals surface area (Å²) < 4.78 is 20.8. The van der Waals surface area contributed by atoms with Gasteiger partial charge in [0.2, 0.25) is 0 Å². The topological polar surface area (TPSA) is 141 Å². The van der Waals surface area contributed by atoms with Crippen LogP contribution in [0.1, 0.15) is 18.4 Å². The molecule has 7 aromatic rings. The molecule has 0 aliphatic carbocycles. The Kier molecular flexibility index (Phi) is 8.38. The van der Waals surface area contributed by atoms with Crippen LogP contribution in [0.3, 0.4) is 0 Å². The number of benzene rings is 2. The summed E-state index contributed by atoms with van der Waals surface area (Å²) in [7, 11) is 0. The van der Waals surface area contributed by atoms with Gasteiger partial charge >= 0.3 is 0 Å². The zero-order valence-electron chi connectivity index (χ0n) is 26.6. The van der Waals surface area contributed by atoms with E-state index in [-0.39, 0.29) is 0 Å². The van der Waals surface area contributed by atoms with Gasteiger partial charge in [-0.3, -0.25) is 20.0 Å². The number of rotatable bonds is 11. The fraction of sp³-hybridized carbons (Fsp3) is 0.216. The normalized spacial score (nSPS) is 14.1. The molecule has 246 valence electrons. The number of ether oxygens (including phenoxy) is 1. The Morgan fingerprint density at radius 2 is 1.76 bits per heavy atom. The molecule has 1 atom stereocenters. The average molecular weight is 656 g/mol. The van der Waals surface area contributed by atoms with Gasteiger partial charge in [0, 0.05) is 42.6 Å². The second kappa shape index (κ2) is 13.4. The van der Waals surface area contributed by atoms with Crippen LogP contribution in [0, 0.1) is 5.82 Å². The van der Waals surface area contributed by atoms with Crippen molar-refractivity contribution in [1.29, 1.82) is 0 Å². The molecule has 0 bridgehead atoms. The number of fused-ring (bicyclic) bond motifs is 2. The summed E-state index contributed by atoms with van der Waals surface area (Å²) in [6.07, 6.45) is 7.15.